The van der Waals surface area contributed by atoms with E-state index in [1.54, 1.807) is 17.3 Å². The molecule has 132 valence electrons. The average molecular weight is 351 g/mol. The zero-order valence-corrected chi connectivity index (χ0v) is 14.7. The fourth-order valence-electron chi connectivity index (χ4n) is 3.25. The molecular weight excluding hydrogens is 326 g/mol. The molecule has 3 rings (SSSR count). The van der Waals surface area contributed by atoms with E-state index >= 15 is 0 Å². The zero-order valence-electron chi connectivity index (χ0n) is 13.9. The van der Waals surface area contributed by atoms with Crippen molar-refractivity contribution in [1.29, 1.82) is 0 Å². The molecule has 1 N–H and O–H groups in total. The first-order chi connectivity index (χ1) is 11.6. The van der Waals surface area contributed by atoms with Crippen molar-refractivity contribution in [2.24, 2.45) is 0 Å². The predicted octanol–water partition coefficient (Wildman–Crippen LogP) is 0.859. The Balaban J connectivity index is 1.56. The van der Waals surface area contributed by atoms with E-state index in [1.807, 2.05) is 12.1 Å². The van der Waals surface area contributed by atoms with Crippen LogP contribution in [0.15, 0.2) is 29.4 Å². The topological polar surface area (TPSA) is 65.9 Å². The standard InChI is InChI=1S/C17H25N3O3S/c21-16(11-24-15-3-5-18-6-4-15)20-9-10-23-14-17(22,13-20)12-19-7-1-2-8-19/h3-6,22H,1-2,7-14H2. The summed E-state index contributed by atoms with van der Waals surface area (Å²) in [4.78, 5) is 21.6. The lowest BCUT2D eigenvalue weighted by Gasteiger charge is -2.34. The second-order valence-corrected chi connectivity index (χ2v) is 7.60. The highest BCUT2D eigenvalue weighted by Crippen LogP contribution is 2.20. The third kappa shape index (κ3) is 4.92. The van der Waals surface area contributed by atoms with Crippen LogP contribution in [0.25, 0.3) is 0 Å². The Morgan fingerprint density at radius 2 is 2.04 bits per heavy atom. The summed E-state index contributed by atoms with van der Waals surface area (Å²) >= 11 is 1.50. The number of nitrogens with zero attached hydrogens (tertiary/aromatic N) is 3. The minimum atomic E-state index is -0.974. The number of carbonyl (C=O) groups is 1. The zero-order chi connectivity index (χ0) is 16.8. The van der Waals surface area contributed by atoms with Crippen LogP contribution in [0.1, 0.15) is 12.8 Å². The van der Waals surface area contributed by atoms with Gasteiger partial charge in [0, 0.05) is 30.4 Å². The second-order valence-electron chi connectivity index (χ2n) is 6.55. The lowest BCUT2D eigenvalue weighted by atomic mass is 10.0. The number of ether oxygens (including phenoxy) is 1. The number of rotatable bonds is 5. The maximum absolute atomic E-state index is 12.6. The number of likely N-dealkylation sites (tertiary alicyclic amines) is 1. The third-order valence-corrected chi connectivity index (χ3v) is 5.44. The van der Waals surface area contributed by atoms with Gasteiger partial charge in [0.05, 0.1) is 25.5 Å². The summed E-state index contributed by atoms with van der Waals surface area (Å²) < 4.78 is 5.58. The molecule has 0 radical (unpaired) electrons. The van der Waals surface area contributed by atoms with Gasteiger partial charge >= 0.3 is 0 Å². The van der Waals surface area contributed by atoms with Crippen molar-refractivity contribution in [2.45, 2.75) is 23.3 Å². The van der Waals surface area contributed by atoms with Crippen LogP contribution in [0.2, 0.25) is 0 Å². The van der Waals surface area contributed by atoms with E-state index in [1.165, 1.54) is 24.6 Å². The number of aromatic nitrogens is 1. The summed E-state index contributed by atoms with van der Waals surface area (Å²) in [5.41, 5.74) is -0.974. The number of aliphatic hydroxyl groups is 1. The van der Waals surface area contributed by atoms with Crippen LogP contribution in [-0.2, 0) is 9.53 Å². The number of hydrogen-bond acceptors (Lipinski definition) is 6. The van der Waals surface area contributed by atoms with Crippen LogP contribution in [-0.4, -0.2) is 83.1 Å². The summed E-state index contributed by atoms with van der Waals surface area (Å²) in [6.45, 7) is 4.28. The van der Waals surface area contributed by atoms with Crippen molar-refractivity contribution in [1.82, 2.24) is 14.8 Å². The first-order valence-electron chi connectivity index (χ1n) is 8.48. The molecule has 2 saturated heterocycles. The van der Waals surface area contributed by atoms with Crippen LogP contribution in [0.4, 0.5) is 0 Å². The van der Waals surface area contributed by atoms with Crippen molar-refractivity contribution >= 4 is 17.7 Å². The smallest absolute Gasteiger partial charge is 0.233 e. The normalized spacial score (nSPS) is 25.6. The Labute approximate surface area is 147 Å². The molecule has 2 fully saturated rings. The summed E-state index contributed by atoms with van der Waals surface area (Å²) in [6.07, 6.45) is 5.81. The van der Waals surface area contributed by atoms with Crippen LogP contribution in [0.3, 0.4) is 0 Å². The summed E-state index contributed by atoms with van der Waals surface area (Å²) in [5, 5.41) is 10.9. The van der Waals surface area contributed by atoms with Crippen LogP contribution < -0.4 is 0 Å². The SMILES string of the molecule is O=C(CSc1ccncc1)N1CCOCC(O)(CN2CCCC2)C1. The van der Waals surface area contributed by atoms with E-state index in [9.17, 15) is 9.90 Å². The van der Waals surface area contributed by atoms with Crippen molar-refractivity contribution in [3.8, 4) is 0 Å². The highest BCUT2D eigenvalue weighted by Gasteiger charge is 2.36. The Hall–Kier alpha value is -1.15. The number of hydrogen-bond donors (Lipinski definition) is 1. The fraction of sp³-hybridized carbons (Fsp3) is 0.647. The molecule has 1 unspecified atom stereocenters. The van der Waals surface area contributed by atoms with Gasteiger partial charge in [-0.25, -0.2) is 0 Å². The lowest BCUT2D eigenvalue weighted by molar-refractivity contribution is -0.131. The van der Waals surface area contributed by atoms with Gasteiger partial charge in [0.2, 0.25) is 5.91 Å². The molecule has 3 heterocycles. The van der Waals surface area contributed by atoms with Gasteiger partial charge in [-0.05, 0) is 38.1 Å². The molecule has 1 aromatic heterocycles. The first kappa shape index (κ1) is 17.7. The number of thioether (sulfide) groups is 1. The minimum Gasteiger partial charge on any atom is -0.384 e. The number of β-amino-alcohol motifs (C(OH)–C–C–N with tert-alkyl or cyclic N) is 1. The molecule has 6 nitrogen and oxygen atoms in total. The summed E-state index contributed by atoms with van der Waals surface area (Å²) in [7, 11) is 0. The molecule has 1 atom stereocenters. The number of carbonyl (C=O) groups excluding carboxylic acids is 1. The van der Waals surface area contributed by atoms with E-state index in [2.05, 4.69) is 9.88 Å². The molecule has 1 aromatic rings. The summed E-state index contributed by atoms with van der Waals surface area (Å²) in [6, 6.07) is 3.79. The van der Waals surface area contributed by atoms with Crippen LogP contribution in [0, 0.1) is 0 Å². The molecule has 0 bridgehead atoms. The molecular formula is C17H25N3O3S. The average Bonchev–Trinajstić information content (AvgIpc) is 3.01. The monoisotopic (exact) mass is 351 g/mol. The predicted molar refractivity (Wildman–Crippen MR) is 93.0 cm³/mol. The van der Waals surface area contributed by atoms with Gasteiger partial charge in [0.1, 0.15) is 5.60 Å². The minimum absolute atomic E-state index is 0.0437. The second kappa shape index (κ2) is 8.29. The molecule has 0 saturated carbocycles. The fourth-order valence-corrected chi connectivity index (χ4v) is 4.04. The van der Waals surface area contributed by atoms with Gasteiger partial charge < -0.3 is 19.6 Å². The quantitative estimate of drug-likeness (QED) is 0.794. The lowest BCUT2D eigenvalue weighted by Crippen LogP contribution is -2.53. The molecule has 1 amide bonds. The third-order valence-electron chi connectivity index (χ3n) is 4.44. The molecule has 2 aliphatic heterocycles. The Bertz CT molecular complexity index is 539. The van der Waals surface area contributed by atoms with Crippen molar-refractivity contribution in [2.75, 3.05) is 51.7 Å². The van der Waals surface area contributed by atoms with E-state index in [-0.39, 0.29) is 5.91 Å². The van der Waals surface area contributed by atoms with E-state index in [0.29, 0.717) is 38.6 Å². The Kier molecular flexibility index (Phi) is 6.10. The number of amides is 1. The van der Waals surface area contributed by atoms with E-state index in [0.717, 1.165) is 18.0 Å². The Morgan fingerprint density at radius 1 is 1.29 bits per heavy atom. The molecule has 0 aromatic carbocycles. The maximum Gasteiger partial charge on any atom is 0.233 e. The van der Waals surface area contributed by atoms with E-state index < -0.39 is 5.60 Å². The van der Waals surface area contributed by atoms with Crippen molar-refractivity contribution in [3.05, 3.63) is 24.5 Å². The Morgan fingerprint density at radius 3 is 2.79 bits per heavy atom. The summed E-state index contributed by atoms with van der Waals surface area (Å²) in [5.74, 6) is 0.409. The van der Waals surface area contributed by atoms with Crippen LogP contribution in [0.5, 0.6) is 0 Å². The molecule has 7 heteroatoms. The van der Waals surface area contributed by atoms with Gasteiger partial charge in [0.25, 0.3) is 0 Å². The molecule has 0 spiro atoms. The van der Waals surface area contributed by atoms with Gasteiger partial charge in [-0.3, -0.25) is 9.78 Å². The molecule has 2 aliphatic rings. The van der Waals surface area contributed by atoms with Gasteiger partial charge in [0.15, 0.2) is 0 Å². The molecule has 24 heavy (non-hydrogen) atoms. The number of pyridine rings is 1. The van der Waals surface area contributed by atoms with Gasteiger partial charge in [-0.1, -0.05) is 0 Å². The van der Waals surface area contributed by atoms with Crippen LogP contribution >= 0.6 is 11.8 Å². The highest BCUT2D eigenvalue weighted by atomic mass is 32.2. The van der Waals surface area contributed by atoms with Crippen molar-refractivity contribution < 1.29 is 14.6 Å². The highest BCUT2D eigenvalue weighted by molar-refractivity contribution is 8.00. The first-order valence-corrected chi connectivity index (χ1v) is 9.46. The van der Waals surface area contributed by atoms with Crippen molar-refractivity contribution in [3.63, 3.8) is 0 Å². The maximum atomic E-state index is 12.6. The van der Waals surface area contributed by atoms with Gasteiger partial charge in [-0.2, -0.15) is 0 Å². The largest absolute Gasteiger partial charge is 0.384 e. The van der Waals surface area contributed by atoms with E-state index in [4.69, 9.17) is 4.74 Å². The molecule has 0 aliphatic carbocycles. The van der Waals surface area contributed by atoms with Gasteiger partial charge in [-0.15, -0.1) is 11.8 Å².